The van der Waals surface area contributed by atoms with Gasteiger partial charge < -0.3 is 10.5 Å². The lowest BCUT2D eigenvalue weighted by Crippen LogP contribution is -1.96. The van der Waals surface area contributed by atoms with Crippen molar-refractivity contribution in [3.63, 3.8) is 0 Å². The van der Waals surface area contributed by atoms with Gasteiger partial charge in [-0.1, -0.05) is 0 Å². The van der Waals surface area contributed by atoms with Gasteiger partial charge in [-0.25, -0.2) is 4.98 Å². The molecule has 0 aliphatic heterocycles. The molecule has 0 fully saturated rings. The highest BCUT2D eigenvalue weighted by Crippen LogP contribution is 2.24. The van der Waals surface area contributed by atoms with Gasteiger partial charge in [0.05, 0.1) is 5.69 Å². The van der Waals surface area contributed by atoms with E-state index in [2.05, 4.69) is 4.98 Å². The van der Waals surface area contributed by atoms with Gasteiger partial charge in [-0.3, -0.25) is 0 Å². The van der Waals surface area contributed by atoms with E-state index in [1.807, 2.05) is 13.0 Å². The van der Waals surface area contributed by atoms with Crippen LogP contribution in [-0.2, 0) is 4.74 Å². The van der Waals surface area contributed by atoms with Crippen LogP contribution in [0.4, 0.5) is 5.69 Å². The quantitative estimate of drug-likeness (QED) is 0.600. The van der Waals surface area contributed by atoms with E-state index in [1.54, 1.807) is 25.1 Å². The first-order valence-electron chi connectivity index (χ1n) is 4.58. The van der Waals surface area contributed by atoms with E-state index < -0.39 is 0 Å². The summed E-state index contributed by atoms with van der Waals surface area (Å²) in [5.74, 6) is 0.995. The molecule has 0 aliphatic carbocycles. The molecule has 0 unspecified atom stereocenters. The molecule has 4 heteroatoms. The highest BCUT2D eigenvalue weighted by atomic mass is 32.2. The topological polar surface area (TPSA) is 48.1 Å². The van der Waals surface area contributed by atoms with Crippen LogP contribution in [0.3, 0.4) is 0 Å². The van der Waals surface area contributed by atoms with Crippen molar-refractivity contribution in [3.8, 4) is 0 Å². The molecule has 1 heterocycles. The first kappa shape index (κ1) is 11.3. The van der Waals surface area contributed by atoms with Gasteiger partial charge in [0.2, 0.25) is 0 Å². The summed E-state index contributed by atoms with van der Waals surface area (Å²) < 4.78 is 4.97. The summed E-state index contributed by atoms with van der Waals surface area (Å²) in [6, 6.07) is 1.93. The van der Waals surface area contributed by atoms with Gasteiger partial charge in [0, 0.05) is 25.7 Å². The van der Waals surface area contributed by atoms with E-state index in [0.717, 1.165) is 35.1 Å². The average Bonchev–Trinajstić information content (AvgIpc) is 2.19. The van der Waals surface area contributed by atoms with Crippen molar-refractivity contribution in [3.05, 3.63) is 17.8 Å². The Balaban J connectivity index is 2.46. The van der Waals surface area contributed by atoms with Crippen LogP contribution in [0.15, 0.2) is 17.3 Å². The number of hydrogen-bond acceptors (Lipinski definition) is 4. The van der Waals surface area contributed by atoms with Gasteiger partial charge in [0.1, 0.15) is 5.03 Å². The largest absolute Gasteiger partial charge is 0.396 e. The molecule has 0 radical (unpaired) electrons. The molecule has 3 nitrogen and oxygen atoms in total. The Bertz CT molecular complexity index is 291. The van der Waals surface area contributed by atoms with Crippen LogP contribution in [0.5, 0.6) is 0 Å². The van der Waals surface area contributed by atoms with E-state index >= 15 is 0 Å². The second kappa shape index (κ2) is 5.88. The predicted octanol–water partition coefficient (Wildman–Crippen LogP) is 2.10. The van der Waals surface area contributed by atoms with Crippen molar-refractivity contribution in [2.75, 3.05) is 25.2 Å². The molecule has 1 aromatic heterocycles. The molecule has 2 N–H and O–H groups in total. The van der Waals surface area contributed by atoms with Crippen molar-refractivity contribution < 1.29 is 4.74 Å². The first-order chi connectivity index (χ1) is 6.75. The monoisotopic (exact) mass is 212 g/mol. The highest BCUT2D eigenvalue weighted by molar-refractivity contribution is 7.99. The number of nitrogens with zero attached hydrogens (tertiary/aromatic N) is 1. The maximum absolute atomic E-state index is 5.88. The van der Waals surface area contributed by atoms with E-state index in [-0.39, 0.29) is 0 Å². The molecule has 0 atom stereocenters. The number of nitrogen functional groups attached to an aromatic ring is 1. The van der Waals surface area contributed by atoms with Crippen molar-refractivity contribution in [2.24, 2.45) is 0 Å². The fraction of sp³-hybridized carbons (Fsp3) is 0.500. The standard InChI is InChI=1S/C10H16N2OS/c1-8-4-5-12-10(9(8)11)14-7-3-6-13-2/h4-5H,3,6-7,11H2,1-2H3. The Morgan fingerprint density at radius 1 is 1.57 bits per heavy atom. The number of ether oxygens (including phenoxy) is 1. The van der Waals surface area contributed by atoms with Gasteiger partial charge in [-0.15, -0.1) is 11.8 Å². The second-order valence-electron chi connectivity index (χ2n) is 3.04. The summed E-state index contributed by atoms with van der Waals surface area (Å²) in [5, 5.41) is 0.932. The van der Waals surface area contributed by atoms with E-state index in [1.165, 1.54) is 0 Å². The highest BCUT2D eigenvalue weighted by Gasteiger charge is 2.02. The molecule has 78 valence electrons. The van der Waals surface area contributed by atoms with Gasteiger partial charge in [-0.05, 0) is 25.0 Å². The molecule has 1 aromatic rings. The molecule has 0 aromatic carbocycles. The minimum Gasteiger partial charge on any atom is -0.396 e. The Kier molecular flexibility index (Phi) is 4.76. The number of pyridine rings is 1. The average molecular weight is 212 g/mol. The third-order valence-electron chi connectivity index (χ3n) is 1.90. The zero-order chi connectivity index (χ0) is 10.4. The normalized spacial score (nSPS) is 10.4. The minimum atomic E-state index is 0.790. The van der Waals surface area contributed by atoms with Crippen LogP contribution in [0.25, 0.3) is 0 Å². The molecule has 14 heavy (non-hydrogen) atoms. The second-order valence-corrected chi connectivity index (χ2v) is 4.13. The molecule has 0 spiro atoms. The predicted molar refractivity (Wildman–Crippen MR) is 60.6 cm³/mol. The van der Waals surface area contributed by atoms with Gasteiger partial charge >= 0.3 is 0 Å². The van der Waals surface area contributed by atoms with Crippen molar-refractivity contribution in [1.82, 2.24) is 4.98 Å². The lowest BCUT2D eigenvalue weighted by Gasteiger charge is -2.05. The molecular weight excluding hydrogens is 196 g/mol. The Morgan fingerprint density at radius 2 is 2.36 bits per heavy atom. The van der Waals surface area contributed by atoms with E-state index in [0.29, 0.717) is 0 Å². The number of nitrogens with two attached hydrogens (primary N) is 1. The van der Waals surface area contributed by atoms with Crippen LogP contribution in [0.1, 0.15) is 12.0 Å². The van der Waals surface area contributed by atoms with Crippen LogP contribution in [0, 0.1) is 6.92 Å². The molecule has 0 bridgehead atoms. The maximum Gasteiger partial charge on any atom is 0.119 e. The van der Waals surface area contributed by atoms with Gasteiger partial charge in [0.25, 0.3) is 0 Å². The third kappa shape index (κ3) is 3.20. The Labute approximate surface area is 89.1 Å². The van der Waals surface area contributed by atoms with Crippen LogP contribution in [-0.4, -0.2) is 24.5 Å². The Morgan fingerprint density at radius 3 is 3.07 bits per heavy atom. The van der Waals surface area contributed by atoms with Crippen molar-refractivity contribution in [2.45, 2.75) is 18.4 Å². The smallest absolute Gasteiger partial charge is 0.119 e. The summed E-state index contributed by atoms with van der Waals surface area (Å²) >= 11 is 1.69. The number of hydrogen-bond donors (Lipinski definition) is 1. The summed E-state index contributed by atoms with van der Waals surface area (Å²) in [4.78, 5) is 4.23. The lowest BCUT2D eigenvalue weighted by molar-refractivity contribution is 0.200. The van der Waals surface area contributed by atoms with E-state index in [9.17, 15) is 0 Å². The fourth-order valence-electron chi connectivity index (χ4n) is 1.03. The van der Waals surface area contributed by atoms with Crippen LogP contribution in [0.2, 0.25) is 0 Å². The number of anilines is 1. The number of aryl methyl sites for hydroxylation is 1. The first-order valence-corrected chi connectivity index (χ1v) is 5.57. The van der Waals surface area contributed by atoms with E-state index in [4.69, 9.17) is 10.5 Å². The lowest BCUT2D eigenvalue weighted by atomic mass is 10.3. The molecular formula is C10H16N2OS. The van der Waals surface area contributed by atoms with Crippen LogP contribution >= 0.6 is 11.8 Å². The number of thioether (sulfide) groups is 1. The number of rotatable bonds is 5. The van der Waals surface area contributed by atoms with Crippen LogP contribution < -0.4 is 5.73 Å². The zero-order valence-electron chi connectivity index (χ0n) is 8.62. The van der Waals surface area contributed by atoms with Gasteiger partial charge in [0.15, 0.2) is 0 Å². The van der Waals surface area contributed by atoms with Crippen molar-refractivity contribution in [1.29, 1.82) is 0 Å². The van der Waals surface area contributed by atoms with Crippen molar-refractivity contribution >= 4 is 17.4 Å². The third-order valence-corrected chi connectivity index (χ3v) is 2.99. The summed E-state index contributed by atoms with van der Waals surface area (Å²) in [5.41, 5.74) is 7.78. The minimum absolute atomic E-state index is 0.790. The Hall–Kier alpha value is -0.740. The SMILES string of the molecule is COCCCSc1nccc(C)c1N. The summed E-state index contributed by atoms with van der Waals surface area (Å²) in [6.07, 6.45) is 2.82. The summed E-state index contributed by atoms with van der Waals surface area (Å²) in [7, 11) is 1.71. The molecule has 0 amide bonds. The number of methoxy groups -OCH3 is 1. The summed E-state index contributed by atoms with van der Waals surface area (Å²) in [6.45, 7) is 2.79. The molecule has 0 aliphatic rings. The number of aromatic nitrogens is 1. The van der Waals surface area contributed by atoms with Gasteiger partial charge in [-0.2, -0.15) is 0 Å². The molecule has 1 rings (SSSR count). The fourth-order valence-corrected chi connectivity index (χ4v) is 1.94. The zero-order valence-corrected chi connectivity index (χ0v) is 9.43. The maximum atomic E-state index is 5.88. The molecule has 0 saturated heterocycles. The molecule has 0 saturated carbocycles.